The molecule has 1 aliphatic heterocycles. The molecule has 0 atom stereocenters. The zero-order valence-electron chi connectivity index (χ0n) is 8.07. The van der Waals surface area contributed by atoms with Gasteiger partial charge in [0.25, 0.3) is 0 Å². The number of nitrogens with zero attached hydrogens (tertiary/aromatic N) is 3. The van der Waals surface area contributed by atoms with Crippen LogP contribution in [-0.4, -0.2) is 30.9 Å². The number of hydrogen-bond acceptors (Lipinski definition) is 3. The van der Waals surface area contributed by atoms with Gasteiger partial charge in [0, 0.05) is 19.2 Å². The minimum Gasteiger partial charge on any atom is -0.358 e. The lowest BCUT2D eigenvalue weighted by Crippen LogP contribution is -2.23. The molecule has 0 bridgehead atoms. The maximum absolute atomic E-state index is 8.77. The highest BCUT2D eigenvalue weighted by molar-refractivity contribution is 5.99. The van der Waals surface area contributed by atoms with Crippen LogP contribution < -0.4 is 0 Å². The van der Waals surface area contributed by atoms with Crippen LogP contribution in [0.2, 0.25) is 0 Å². The zero-order valence-corrected chi connectivity index (χ0v) is 8.07. The van der Waals surface area contributed by atoms with E-state index >= 15 is 0 Å². The molecule has 2 rings (SSSR count). The average Bonchev–Trinajstić information content (AvgIpc) is 2.65. The highest BCUT2D eigenvalue weighted by atomic mass is 15.2. The highest BCUT2D eigenvalue weighted by Gasteiger charge is 2.14. The van der Waals surface area contributed by atoms with Gasteiger partial charge in [-0.3, -0.25) is 4.99 Å². The lowest BCUT2D eigenvalue weighted by Gasteiger charge is -2.13. The van der Waals surface area contributed by atoms with Crippen molar-refractivity contribution in [2.24, 2.45) is 4.99 Å². The Hall–Kier alpha value is -1.82. The van der Waals surface area contributed by atoms with Gasteiger partial charge >= 0.3 is 0 Å². The topological polar surface area (TPSA) is 39.4 Å². The van der Waals surface area contributed by atoms with E-state index < -0.39 is 0 Å². The normalized spacial score (nSPS) is 15.1. The summed E-state index contributed by atoms with van der Waals surface area (Å²) in [6.07, 6.45) is 0. The molecule has 0 N–H and O–H groups in total. The van der Waals surface area contributed by atoms with Gasteiger partial charge in [-0.05, 0) is 12.1 Å². The number of hydrogen-bond donors (Lipinski definition) is 0. The molecule has 0 amide bonds. The van der Waals surface area contributed by atoms with Gasteiger partial charge in [-0.1, -0.05) is 12.1 Å². The molecule has 14 heavy (non-hydrogen) atoms. The van der Waals surface area contributed by atoms with Crippen LogP contribution in [0.15, 0.2) is 29.3 Å². The van der Waals surface area contributed by atoms with Crippen LogP contribution in [-0.2, 0) is 0 Å². The van der Waals surface area contributed by atoms with E-state index in [1.807, 2.05) is 25.2 Å². The number of amidine groups is 1. The van der Waals surface area contributed by atoms with Crippen LogP contribution in [0.1, 0.15) is 11.1 Å². The van der Waals surface area contributed by atoms with Crippen LogP contribution in [0.25, 0.3) is 0 Å². The van der Waals surface area contributed by atoms with Crippen molar-refractivity contribution in [3.05, 3.63) is 35.4 Å². The number of nitriles is 1. The first-order chi connectivity index (χ1) is 6.81. The van der Waals surface area contributed by atoms with Crippen LogP contribution in [0, 0.1) is 11.3 Å². The predicted molar refractivity (Wildman–Crippen MR) is 55.2 cm³/mol. The quantitative estimate of drug-likeness (QED) is 0.660. The van der Waals surface area contributed by atoms with E-state index in [4.69, 9.17) is 5.26 Å². The van der Waals surface area contributed by atoms with Gasteiger partial charge < -0.3 is 4.90 Å². The molecule has 0 spiro atoms. The monoisotopic (exact) mass is 185 g/mol. The van der Waals surface area contributed by atoms with Crippen LogP contribution in [0.5, 0.6) is 0 Å². The summed E-state index contributed by atoms with van der Waals surface area (Å²) in [6.45, 7) is 1.81. The first-order valence-corrected chi connectivity index (χ1v) is 4.57. The van der Waals surface area contributed by atoms with Crippen molar-refractivity contribution in [3.63, 3.8) is 0 Å². The molecule has 0 radical (unpaired) electrons. The fourth-order valence-corrected chi connectivity index (χ4v) is 1.57. The summed E-state index contributed by atoms with van der Waals surface area (Å²) in [4.78, 5) is 6.50. The summed E-state index contributed by atoms with van der Waals surface area (Å²) in [6, 6.07) is 9.69. The lowest BCUT2D eigenvalue weighted by molar-refractivity contribution is 0.557. The van der Waals surface area contributed by atoms with Crippen LogP contribution in [0.4, 0.5) is 0 Å². The Bertz CT molecular complexity index is 415. The van der Waals surface area contributed by atoms with Crippen LogP contribution >= 0.6 is 0 Å². The fraction of sp³-hybridized carbons (Fsp3) is 0.273. The Labute approximate surface area is 83.3 Å². The molecular weight excluding hydrogens is 174 g/mol. The first-order valence-electron chi connectivity index (χ1n) is 4.57. The number of benzene rings is 1. The summed E-state index contributed by atoms with van der Waals surface area (Å²) >= 11 is 0. The van der Waals surface area contributed by atoms with E-state index in [0.717, 1.165) is 24.5 Å². The van der Waals surface area contributed by atoms with E-state index in [1.54, 1.807) is 6.07 Å². The maximum Gasteiger partial charge on any atom is 0.130 e. The second-order valence-corrected chi connectivity index (χ2v) is 3.32. The summed E-state index contributed by atoms with van der Waals surface area (Å²) in [7, 11) is 2.02. The molecule has 0 unspecified atom stereocenters. The molecule has 0 aromatic heterocycles. The third kappa shape index (κ3) is 1.47. The molecule has 0 fully saturated rings. The second-order valence-electron chi connectivity index (χ2n) is 3.32. The van der Waals surface area contributed by atoms with E-state index in [0.29, 0.717) is 5.56 Å². The van der Waals surface area contributed by atoms with Crippen molar-refractivity contribution in [2.75, 3.05) is 20.1 Å². The van der Waals surface area contributed by atoms with Gasteiger partial charge in [-0.15, -0.1) is 0 Å². The van der Waals surface area contributed by atoms with E-state index in [9.17, 15) is 0 Å². The highest BCUT2D eigenvalue weighted by Crippen LogP contribution is 2.11. The average molecular weight is 185 g/mol. The minimum atomic E-state index is 0.686. The largest absolute Gasteiger partial charge is 0.358 e. The van der Waals surface area contributed by atoms with Crippen molar-refractivity contribution in [2.45, 2.75) is 0 Å². The smallest absolute Gasteiger partial charge is 0.130 e. The SMILES string of the molecule is CN1CCN=C1c1cccc(C#N)c1. The Balaban J connectivity index is 2.38. The van der Waals surface area contributed by atoms with Crippen molar-refractivity contribution >= 4 is 5.84 Å². The van der Waals surface area contributed by atoms with Gasteiger partial charge in [0.1, 0.15) is 5.84 Å². The predicted octanol–water partition coefficient (Wildman–Crippen LogP) is 1.25. The lowest BCUT2D eigenvalue weighted by atomic mass is 10.1. The number of likely N-dealkylation sites (N-methyl/N-ethyl adjacent to an activating group) is 1. The molecule has 1 heterocycles. The summed E-state index contributed by atoms with van der Waals surface area (Å²) in [5, 5.41) is 8.77. The molecule has 0 aliphatic carbocycles. The Kier molecular flexibility index (Phi) is 2.19. The maximum atomic E-state index is 8.77. The molecule has 70 valence electrons. The Morgan fingerprint density at radius 2 is 2.36 bits per heavy atom. The minimum absolute atomic E-state index is 0.686. The van der Waals surface area contributed by atoms with Gasteiger partial charge in [-0.2, -0.15) is 5.26 Å². The standard InChI is InChI=1S/C11H11N3/c1-14-6-5-13-11(14)10-4-2-3-9(7-10)8-12/h2-4,7H,5-6H2,1H3. The number of aliphatic imine (C=N–C) groups is 1. The summed E-state index contributed by atoms with van der Waals surface area (Å²) in [5.74, 6) is 0.988. The first kappa shape index (κ1) is 8.76. The van der Waals surface area contributed by atoms with Gasteiger partial charge in [-0.25, -0.2) is 0 Å². The van der Waals surface area contributed by atoms with Crippen molar-refractivity contribution in [3.8, 4) is 6.07 Å². The molecule has 1 aromatic rings. The molecule has 1 aromatic carbocycles. The van der Waals surface area contributed by atoms with Gasteiger partial charge in [0.05, 0.1) is 18.2 Å². The molecule has 3 heteroatoms. The fourth-order valence-electron chi connectivity index (χ4n) is 1.57. The van der Waals surface area contributed by atoms with E-state index in [2.05, 4.69) is 16.0 Å². The van der Waals surface area contributed by atoms with E-state index in [1.165, 1.54) is 0 Å². The summed E-state index contributed by atoms with van der Waals surface area (Å²) in [5.41, 5.74) is 1.72. The van der Waals surface area contributed by atoms with Crippen LogP contribution in [0.3, 0.4) is 0 Å². The Morgan fingerprint density at radius 1 is 1.50 bits per heavy atom. The summed E-state index contributed by atoms with van der Waals surface area (Å²) < 4.78 is 0. The number of rotatable bonds is 1. The molecule has 0 saturated heterocycles. The van der Waals surface area contributed by atoms with Gasteiger partial charge in [0.2, 0.25) is 0 Å². The Morgan fingerprint density at radius 3 is 3.00 bits per heavy atom. The second kappa shape index (κ2) is 3.51. The third-order valence-electron chi connectivity index (χ3n) is 2.31. The van der Waals surface area contributed by atoms with E-state index in [-0.39, 0.29) is 0 Å². The molecule has 3 nitrogen and oxygen atoms in total. The molecule has 0 saturated carbocycles. The zero-order chi connectivity index (χ0) is 9.97. The van der Waals surface area contributed by atoms with Crippen molar-refractivity contribution < 1.29 is 0 Å². The van der Waals surface area contributed by atoms with Crippen molar-refractivity contribution in [1.29, 1.82) is 5.26 Å². The van der Waals surface area contributed by atoms with Crippen molar-refractivity contribution in [1.82, 2.24) is 4.90 Å². The molecular formula is C11H11N3. The molecule has 1 aliphatic rings. The van der Waals surface area contributed by atoms with Gasteiger partial charge in [0.15, 0.2) is 0 Å². The third-order valence-corrected chi connectivity index (χ3v) is 2.31.